The minimum absolute atomic E-state index is 0.0176. The number of imidazole rings is 1. The minimum atomic E-state index is -0.734. The number of nitrogen functional groups attached to an aromatic ring is 1. The zero-order valence-corrected chi connectivity index (χ0v) is 10.5. The molecule has 2 unspecified atom stereocenters. The van der Waals surface area contributed by atoms with Gasteiger partial charge < -0.3 is 20.7 Å². The van der Waals surface area contributed by atoms with E-state index in [1.807, 2.05) is 0 Å². The lowest BCUT2D eigenvalue weighted by atomic mass is 10.2. The molecule has 0 aromatic carbocycles. The molecule has 1 aliphatic rings. The fraction of sp³-hybridized carbons (Fsp3) is 0.500. The largest absolute Gasteiger partial charge is 0.394 e. The van der Waals surface area contributed by atoms with Crippen LogP contribution in [-0.4, -0.2) is 48.5 Å². The van der Waals surface area contributed by atoms with Crippen molar-refractivity contribution < 1.29 is 14.9 Å². The number of aromatic nitrogens is 4. The highest BCUT2D eigenvalue weighted by molar-refractivity contribution is 6.28. The lowest BCUT2D eigenvalue weighted by Gasteiger charge is -2.13. The Hall–Kier alpha value is -1.48. The van der Waals surface area contributed by atoms with E-state index in [0.29, 0.717) is 17.6 Å². The van der Waals surface area contributed by atoms with Crippen LogP contribution in [0.3, 0.4) is 0 Å². The van der Waals surface area contributed by atoms with Gasteiger partial charge in [0.2, 0.25) is 5.28 Å². The van der Waals surface area contributed by atoms with Crippen molar-refractivity contribution in [1.82, 2.24) is 19.5 Å². The summed E-state index contributed by atoms with van der Waals surface area (Å²) in [6, 6.07) is 0. The van der Waals surface area contributed by atoms with Gasteiger partial charge in [0.1, 0.15) is 17.8 Å². The van der Waals surface area contributed by atoms with Crippen LogP contribution in [-0.2, 0) is 4.74 Å². The van der Waals surface area contributed by atoms with Crippen LogP contribution in [0.4, 0.5) is 5.82 Å². The normalized spacial score (nSPS) is 27.2. The molecule has 19 heavy (non-hydrogen) atoms. The maximum absolute atomic E-state index is 9.74. The number of anilines is 1. The zero-order valence-electron chi connectivity index (χ0n) is 9.77. The average Bonchev–Trinajstić information content (AvgIpc) is 2.92. The van der Waals surface area contributed by atoms with Gasteiger partial charge in [-0.1, -0.05) is 0 Å². The molecule has 0 spiro atoms. The summed E-state index contributed by atoms with van der Waals surface area (Å²) in [5.41, 5.74) is 6.57. The number of halogens is 1. The molecular formula is C10H12ClN5O3. The van der Waals surface area contributed by atoms with Crippen molar-refractivity contribution in [2.24, 2.45) is 0 Å². The molecule has 1 aliphatic heterocycles. The van der Waals surface area contributed by atoms with Gasteiger partial charge >= 0.3 is 0 Å². The van der Waals surface area contributed by atoms with E-state index in [2.05, 4.69) is 15.0 Å². The molecule has 0 aliphatic carbocycles. The van der Waals surface area contributed by atoms with Crippen molar-refractivity contribution in [2.45, 2.75) is 24.9 Å². The van der Waals surface area contributed by atoms with Crippen LogP contribution in [0.1, 0.15) is 12.6 Å². The van der Waals surface area contributed by atoms with Crippen molar-refractivity contribution in [3.8, 4) is 0 Å². The first kappa shape index (κ1) is 12.5. The molecule has 9 heteroatoms. The number of nitrogens with two attached hydrogens (primary N) is 1. The third-order valence-electron chi connectivity index (χ3n) is 3.12. The summed E-state index contributed by atoms with van der Waals surface area (Å²) in [6.07, 6.45) is 0.0169. The highest BCUT2D eigenvalue weighted by atomic mass is 35.5. The van der Waals surface area contributed by atoms with Crippen LogP contribution in [0, 0.1) is 0 Å². The number of nitrogens with zero attached hydrogens (tertiary/aromatic N) is 4. The van der Waals surface area contributed by atoms with E-state index < -0.39 is 18.4 Å². The fourth-order valence-corrected chi connectivity index (χ4v) is 2.34. The molecule has 0 amide bonds. The third kappa shape index (κ3) is 2.02. The van der Waals surface area contributed by atoms with Gasteiger partial charge in [0.15, 0.2) is 11.5 Å². The maximum atomic E-state index is 9.74. The molecule has 8 nitrogen and oxygen atoms in total. The molecule has 0 bridgehead atoms. The number of hydrogen-bond donors (Lipinski definition) is 3. The average molecular weight is 286 g/mol. The molecule has 3 atom stereocenters. The molecule has 3 heterocycles. The predicted octanol–water partition coefficient (Wildman–Crippen LogP) is -0.297. The predicted molar refractivity (Wildman–Crippen MR) is 66.4 cm³/mol. The summed E-state index contributed by atoms with van der Waals surface area (Å²) in [6.45, 7) is -0.248. The highest BCUT2D eigenvalue weighted by Gasteiger charge is 2.35. The Morgan fingerprint density at radius 2 is 2.32 bits per heavy atom. The van der Waals surface area contributed by atoms with Gasteiger partial charge in [-0.3, -0.25) is 4.57 Å². The Bertz CT molecular complexity index is 618. The second-order valence-corrected chi connectivity index (χ2v) is 4.65. The van der Waals surface area contributed by atoms with Crippen LogP contribution < -0.4 is 5.73 Å². The van der Waals surface area contributed by atoms with Gasteiger partial charge in [-0.2, -0.15) is 9.97 Å². The number of ether oxygens (including phenoxy) is 1. The van der Waals surface area contributed by atoms with Crippen LogP contribution in [0.25, 0.3) is 11.2 Å². The first-order valence-corrected chi connectivity index (χ1v) is 6.08. The van der Waals surface area contributed by atoms with E-state index in [0.717, 1.165) is 0 Å². The van der Waals surface area contributed by atoms with E-state index in [1.54, 1.807) is 4.57 Å². The van der Waals surface area contributed by atoms with E-state index >= 15 is 0 Å². The zero-order chi connectivity index (χ0) is 13.6. The topological polar surface area (TPSA) is 119 Å². The van der Waals surface area contributed by atoms with E-state index in [4.69, 9.17) is 27.2 Å². The third-order valence-corrected chi connectivity index (χ3v) is 3.28. The van der Waals surface area contributed by atoms with Gasteiger partial charge in [-0.25, -0.2) is 4.98 Å². The number of rotatable bonds is 2. The molecular weight excluding hydrogens is 274 g/mol. The van der Waals surface area contributed by atoms with Crippen molar-refractivity contribution in [1.29, 1.82) is 0 Å². The van der Waals surface area contributed by atoms with Crippen molar-refractivity contribution in [3.05, 3.63) is 11.6 Å². The second-order valence-electron chi connectivity index (χ2n) is 4.32. The molecule has 1 saturated heterocycles. The first-order valence-electron chi connectivity index (χ1n) is 5.70. The Labute approximate surface area is 112 Å². The maximum Gasteiger partial charge on any atom is 0.226 e. The Kier molecular flexibility index (Phi) is 3.02. The summed E-state index contributed by atoms with van der Waals surface area (Å²) in [7, 11) is 0. The summed E-state index contributed by atoms with van der Waals surface area (Å²) in [5, 5.41) is 18.8. The molecule has 2 aromatic heterocycles. The number of aliphatic hydroxyl groups is 2. The molecule has 1 fully saturated rings. The molecule has 102 valence electrons. The Balaban J connectivity index is 2.02. The first-order chi connectivity index (χ1) is 9.10. The SMILES string of the molecule is Nc1nc(Cl)nc2c1ncn2C1CC(O)[C@@H](CO)O1. The summed E-state index contributed by atoms with van der Waals surface area (Å²) in [5.74, 6) is 0.186. The van der Waals surface area contributed by atoms with Crippen molar-refractivity contribution in [3.63, 3.8) is 0 Å². The van der Waals surface area contributed by atoms with Crippen LogP contribution in [0.2, 0.25) is 5.28 Å². The fourth-order valence-electron chi connectivity index (χ4n) is 2.17. The lowest BCUT2D eigenvalue weighted by molar-refractivity contribution is -0.0432. The quantitative estimate of drug-likeness (QED) is 0.648. The minimum Gasteiger partial charge on any atom is -0.394 e. The van der Waals surface area contributed by atoms with Crippen LogP contribution in [0.5, 0.6) is 0 Å². The smallest absolute Gasteiger partial charge is 0.226 e. The van der Waals surface area contributed by atoms with Gasteiger partial charge in [-0.15, -0.1) is 0 Å². The summed E-state index contributed by atoms with van der Waals surface area (Å²) < 4.78 is 7.16. The molecule has 0 radical (unpaired) electrons. The molecule has 0 saturated carbocycles. The Morgan fingerprint density at radius 1 is 1.53 bits per heavy atom. The van der Waals surface area contributed by atoms with Gasteiger partial charge in [0, 0.05) is 6.42 Å². The second kappa shape index (κ2) is 4.57. The van der Waals surface area contributed by atoms with Crippen LogP contribution >= 0.6 is 11.6 Å². The Morgan fingerprint density at radius 3 is 3.00 bits per heavy atom. The lowest BCUT2D eigenvalue weighted by Crippen LogP contribution is -2.24. The van der Waals surface area contributed by atoms with Crippen LogP contribution in [0.15, 0.2) is 6.33 Å². The summed E-state index contributed by atoms with van der Waals surface area (Å²) in [4.78, 5) is 12.0. The van der Waals surface area contributed by atoms with Crippen molar-refractivity contribution in [2.75, 3.05) is 12.3 Å². The monoisotopic (exact) mass is 285 g/mol. The summed E-state index contributed by atoms with van der Waals surface area (Å²) >= 11 is 5.77. The van der Waals surface area contributed by atoms with Gasteiger partial charge in [0.25, 0.3) is 0 Å². The van der Waals surface area contributed by atoms with E-state index in [9.17, 15) is 5.11 Å². The number of hydrogen-bond acceptors (Lipinski definition) is 7. The number of aliphatic hydroxyl groups excluding tert-OH is 2. The van der Waals surface area contributed by atoms with Gasteiger partial charge in [0.05, 0.1) is 19.0 Å². The molecule has 4 N–H and O–H groups in total. The van der Waals surface area contributed by atoms with E-state index in [1.165, 1.54) is 6.33 Å². The standard InChI is InChI=1S/C10H12ClN5O3/c11-10-14-8(12)7-9(15-10)16(3-13-7)6-1-4(18)5(2-17)19-6/h3-6,17-18H,1-2H2,(H2,12,14,15)/t4?,5-,6?/m1/s1. The van der Waals surface area contributed by atoms with Gasteiger partial charge in [-0.05, 0) is 11.6 Å². The molecule has 2 aromatic rings. The van der Waals surface area contributed by atoms with Crippen molar-refractivity contribution >= 4 is 28.6 Å². The van der Waals surface area contributed by atoms with E-state index in [-0.39, 0.29) is 17.7 Å². The number of fused-ring (bicyclic) bond motifs is 1. The highest BCUT2D eigenvalue weighted by Crippen LogP contribution is 2.31. The molecule has 3 rings (SSSR count).